The molecule has 2 rings (SSSR count). The van der Waals surface area contributed by atoms with Crippen molar-refractivity contribution in [1.82, 2.24) is 15.8 Å². The van der Waals surface area contributed by atoms with Crippen LogP contribution in [-0.2, 0) is 17.8 Å². The van der Waals surface area contributed by atoms with Gasteiger partial charge in [-0.25, -0.2) is 0 Å². The quantitative estimate of drug-likeness (QED) is 0.276. The van der Waals surface area contributed by atoms with Gasteiger partial charge in [-0.15, -0.1) is 24.0 Å². The molecule has 0 aliphatic rings. The van der Waals surface area contributed by atoms with Crippen LogP contribution in [0.2, 0.25) is 0 Å². The Morgan fingerprint density at radius 1 is 1.29 bits per heavy atom. The Morgan fingerprint density at radius 3 is 2.57 bits per heavy atom. The Kier molecular flexibility index (Phi) is 10.4. The summed E-state index contributed by atoms with van der Waals surface area (Å²) in [6, 6.07) is 9.50. The summed E-state index contributed by atoms with van der Waals surface area (Å²) in [5, 5.41) is 10.5. The molecule has 1 amide bonds. The zero-order valence-corrected chi connectivity index (χ0v) is 18.7. The molecule has 0 aliphatic heterocycles. The van der Waals surface area contributed by atoms with Gasteiger partial charge in [0.15, 0.2) is 18.3 Å². The molecule has 9 heteroatoms. The summed E-state index contributed by atoms with van der Waals surface area (Å²) < 4.78 is 10.5. The van der Waals surface area contributed by atoms with Crippen LogP contribution in [0, 0.1) is 0 Å². The summed E-state index contributed by atoms with van der Waals surface area (Å²) >= 11 is 0. The van der Waals surface area contributed by atoms with Gasteiger partial charge in [-0.3, -0.25) is 9.79 Å². The maximum Gasteiger partial charge on any atom is 0.255 e. The molecule has 4 N–H and O–H groups in total. The zero-order valence-electron chi connectivity index (χ0n) is 16.4. The number of carbonyl (C=O) groups excluding carboxylic acids is 1. The number of nitrogens with zero attached hydrogens (tertiary/aromatic N) is 2. The Hall–Kier alpha value is -2.30. The summed E-state index contributed by atoms with van der Waals surface area (Å²) in [5.74, 6) is 1.93. The fraction of sp³-hybridized carbons (Fsp3) is 0.421. The molecule has 0 radical (unpaired) electrons. The van der Waals surface area contributed by atoms with Crippen molar-refractivity contribution < 1.29 is 14.1 Å². The normalized spacial score (nSPS) is 11.1. The molecule has 0 fully saturated rings. The van der Waals surface area contributed by atoms with Crippen LogP contribution in [0.1, 0.15) is 36.8 Å². The molecule has 0 atom stereocenters. The molecule has 1 aromatic carbocycles. The van der Waals surface area contributed by atoms with E-state index in [-0.39, 0.29) is 30.6 Å². The van der Waals surface area contributed by atoms with Gasteiger partial charge in [0, 0.05) is 19.7 Å². The minimum atomic E-state index is -0.493. The van der Waals surface area contributed by atoms with Crippen LogP contribution in [0.15, 0.2) is 39.8 Å². The molecule has 0 bridgehead atoms. The lowest BCUT2D eigenvalue weighted by Crippen LogP contribution is -2.37. The lowest BCUT2D eigenvalue weighted by atomic mass is 10.1. The van der Waals surface area contributed by atoms with E-state index in [1.54, 1.807) is 7.05 Å². The van der Waals surface area contributed by atoms with E-state index >= 15 is 0 Å². The summed E-state index contributed by atoms with van der Waals surface area (Å²) in [6.07, 6.45) is 0.816. The van der Waals surface area contributed by atoms with Gasteiger partial charge in [0.1, 0.15) is 5.75 Å². The van der Waals surface area contributed by atoms with Crippen molar-refractivity contribution in [2.45, 2.75) is 32.7 Å². The number of halogens is 1. The molecule has 2 aromatic rings. The van der Waals surface area contributed by atoms with Gasteiger partial charge in [0.05, 0.1) is 12.2 Å². The van der Waals surface area contributed by atoms with Gasteiger partial charge in [-0.05, 0) is 30.0 Å². The van der Waals surface area contributed by atoms with E-state index < -0.39 is 5.91 Å². The molecule has 0 saturated carbocycles. The van der Waals surface area contributed by atoms with Gasteiger partial charge in [-0.2, -0.15) is 0 Å². The number of aliphatic imine (C=N–C) groups is 1. The molecule has 1 heterocycles. The third-order valence-corrected chi connectivity index (χ3v) is 3.83. The van der Waals surface area contributed by atoms with Crippen LogP contribution in [-0.4, -0.2) is 37.2 Å². The first kappa shape index (κ1) is 23.7. The summed E-state index contributed by atoms with van der Waals surface area (Å²) in [7, 11) is 1.72. The SMILES string of the molecule is CN=C(NCCc1ccc(OCC(N)=O)cc1)NCc1cc(C(C)C)no1.I. The second-order valence-electron chi connectivity index (χ2n) is 6.37. The highest BCUT2D eigenvalue weighted by Gasteiger charge is 2.08. The van der Waals surface area contributed by atoms with Crippen molar-refractivity contribution in [3.63, 3.8) is 0 Å². The van der Waals surface area contributed by atoms with Gasteiger partial charge >= 0.3 is 0 Å². The van der Waals surface area contributed by atoms with E-state index in [0.717, 1.165) is 30.0 Å². The molecule has 0 saturated heterocycles. The first-order valence-corrected chi connectivity index (χ1v) is 8.88. The van der Waals surface area contributed by atoms with Crippen LogP contribution in [0.3, 0.4) is 0 Å². The Labute approximate surface area is 182 Å². The van der Waals surface area contributed by atoms with Crippen molar-refractivity contribution in [3.8, 4) is 5.75 Å². The Morgan fingerprint density at radius 2 is 2.00 bits per heavy atom. The van der Waals surface area contributed by atoms with Gasteiger partial charge < -0.3 is 25.6 Å². The number of rotatable bonds is 9. The van der Waals surface area contributed by atoms with Gasteiger partial charge in [0.25, 0.3) is 5.91 Å². The number of benzene rings is 1. The molecule has 28 heavy (non-hydrogen) atoms. The lowest BCUT2D eigenvalue weighted by Gasteiger charge is -2.11. The fourth-order valence-electron chi connectivity index (χ4n) is 2.31. The number of hydrogen-bond donors (Lipinski definition) is 3. The summed E-state index contributed by atoms with van der Waals surface area (Å²) in [4.78, 5) is 14.9. The van der Waals surface area contributed by atoms with Crippen LogP contribution < -0.4 is 21.1 Å². The molecule has 0 spiro atoms. The van der Waals surface area contributed by atoms with E-state index in [1.165, 1.54) is 0 Å². The topological polar surface area (TPSA) is 115 Å². The van der Waals surface area contributed by atoms with Crippen molar-refractivity contribution >= 4 is 35.8 Å². The monoisotopic (exact) mass is 501 g/mol. The van der Waals surface area contributed by atoms with Crippen LogP contribution in [0.25, 0.3) is 0 Å². The van der Waals surface area contributed by atoms with Gasteiger partial charge in [-0.1, -0.05) is 31.1 Å². The van der Waals surface area contributed by atoms with E-state index in [4.69, 9.17) is 15.0 Å². The average molecular weight is 501 g/mol. The maximum atomic E-state index is 10.7. The molecule has 0 aliphatic carbocycles. The van der Waals surface area contributed by atoms with E-state index in [1.807, 2.05) is 30.3 Å². The minimum absolute atomic E-state index is 0. The zero-order chi connectivity index (χ0) is 19.6. The molecular weight excluding hydrogens is 473 g/mol. The first-order valence-electron chi connectivity index (χ1n) is 8.88. The highest BCUT2D eigenvalue weighted by molar-refractivity contribution is 14.0. The molecule has 154 valence electrons. The van der Waals surface area contributed by atoms with E-state index in [0.29, 0.717) is 24.2 Å². The summed E-state index contributed by atoms with van der Waals surface area (Å²) in [5.41, 5.74) is 7.14. The number of carbonyl (C=O) groups is 1. The number of guanidine groups is 1. The molecule has 0 unspecified atom stereocenters. The van der Waals surface area contributed by atoms with Gasteiger partial charge in [0.2, 0.25) is 0 Å². The standard InChI is InChI=1S/C19H27N5O3.HI/c1-13(2)17-10-16(27-24-17)11-23-19(21-3)22-9-8-14-4-6-15(7-5-14)26-12-18(20)25;/h4-7,10,13H,8-9,11-12H2,1-3H3,(H2,20,25)(H2,21,22,23);1H. The Bertz CT molecular complexity index is 759. The second-order valence-corrected chi connectivity index (χ2v) is 6.37. The molecule has 1 aromatic heterocycles. The number of amides is 1. The van der Waals surface area contributed by atoms with Crippen LogP contribution in [0.4, 0.5) is 0 Å². The van der Waals surface area contributed by atoms with Crippen molar-refractivity contribution in [2.75, 3.05) is 20.2 Å². The number of aromatic nitrogens is 1. The lowest BCUT2D eigenvalue weighted by molar-refractivity contribution is -0.119. The minimum Gasteiger partial charge on any atom is -0.484 e. The summed E-state index contributed by atoms with van der Waals surface area (Å²) in [6.45, 7) is 5.27. The highest BCUT2D eigenvalue weighted by Crippen LogP contribution is 2.14. The van der Waals surface area contributed by atoms with E-state index in [2.05, 4.69) is 34.6 Å². The number of ether oxygens (including phenoxy) is 1. The Balaban J connectivity index is 0.00000392. The van der Waals surface area contributed by atoms with Crippen molar-refractivity contribution in [3.05, 3.63) is 47.3 Å². The third-order valence-electron chi connectivity index (χ3n) is 3.83. The third kappa shape index (κ3) is 8.15. The van der Waals surface area contributed by atoms with Crippen molar-refractivity contribution in [2.24, 2.45) is 10.7 Å². The van der Waals surface area contributed by atoms with Crippen LogP contribution in [0.5, 0.6) is 5.75 Å². The maximum absolute atomic E-state index is 10.7. The average Bonchev–Trinajstić information content (AvgIpc) is 3.13. The number of nitrogens with two attached hydrogens (primary N) is 1. The van der Waals surface area contributed by atoms with Crippen LogP contribution >= 0.6 is 24.0 Å². The second kappa shape index (κ2) is 12.2. The first-order chi connectivity index (χ1) is 13.0. The largest absolute Gasteiger partial charge is 0.484 e. The predicted octanol–water partition coefficient (Wildman–Crippen LogP) is 2.19. The number of primary amides is 1. The molecular formula is C19H28IN5O3. The predicted molar refractivity (Wildman–Crippen MR) is 119 cm³/mol. The molecule has 8 nitrogen and oxygen atoms in total. The highest BCUT2D eigenvalue weighted by atomic mass is 127. The number of nitrogens with one attached hydrogen (secondary N) is 2. The van der Waals surface area contributed by atoms with E-state index in [9.17, 15) is 4.79 Å². The van der Waals surface area contributed by atoms with Crippen molar-refractivity contribution in [1.29, 1.82) is 0 Å². The smallest absolute Gasteiger partial charge is 0.255 e. The fourth-order valence-corrected chi connectivity index (χ4v) is 2.31. The number of hydrogen-bond acceptors (Lipinski definition) is 5.